The summed E-state index contributed by atoms with van der Waals surface area (Å²) in [4.78, 5) is 16.8. The van der Waals surface area contributed by atoms with E-state index in [-0.39, 0.29) is 10.9 Å². The predicted octanol–water partition coefficient (Wildman–Crippen LogP) is 5.41. The van der Waals surface area contributed by atoms with E-state index < -0.39 is 0 Å². The van der Waals surface area contributed by atoms with Gasteiger partial charge in [-0.1, -0.05) is 35.3 Å². The van der Waals surface area contributed by atoms with Crippen molar-refractivity contribution in [2.45, 2.75) is 0 Å². The molecule has 32 heavy (non-hydrogen) atoms. The molecule has 0 unspecified atom stereocenters. The summed E-state index contributed by atoms with van der Waals surface area (Å²) < 4.78 is 1.67. The maximum atomic E-state index is 12.7. The molecule has 0 bridgehead atoms. The van der Waals surface area contributed by atoms with E-state index in [0.717, 1.165) is 11.1 Å². The minimum Gasteiger partial charge on any atom is -0.322 e. The van der Waals surface area contributed by atoms with Crippen LogP contribution in [-0.2, 0) is 0 Å². The maximum absolute atomic E-state index is 12.7. The molecule has 7 nitrogen and oxygen atoms in total. The molecule has 0 atom stereocenters. The molecule has 0 saturated carbocycles. The standard InChI is InChI=1S/C23H14Cl2N6O/c24-16-6-7-18(19(25)12-16)23(32)27-17-5-1-3-14(11-17)20-8-9-21-28-29-22(31(21)30-20)15-4-2-10-26-13-15/h1-13H,(H,27,32). The van der Waals surface area contributed by atoms with Crippen molar-refractivity contribution in [1.82, 2.24) is 24.8 Å². The van der Waals surface area contributed by atoms with Gasteiger partial charge in [0.2, 0.25) is 0 Å². The van der Waals surface area contributed by atoms with Gasteiger partial charge in [-0.05, 0) is 54.6 Å². The number of nitrogens with zero attached hydrogens (tertiary/aromatic N) is 5. The summed E-state index contributed by atoms with van der Waals surface area (Å²) in [5.41, 5.74) is 3.89. The average Bonchev–Trinajstić information content (AvgIpc) is 3.23. The van der Waals surface area contributed by atoms with Crippen molar-refractivity contribution in [1.29, 1.82) is 0 Å². The van der Waals surface area contributed by atoms with Crippen LogP contribution in [0.5, 0.6) is 0 Å². The molecular formula is C23H14Cl2N6O. The number of nitrogens with one attached hydrogen (secondary N) is 1. The second kappa shape index (κ2) is 8.37. The third kappa shape index (κ3) is 3.91. The summed E-state index contributed by atoms with van der Waals surface area (Å²) in [5.74, 6) is 0.265. The Morgan fingerprint density at radius 1 is 0.906 bits per heavy atom. The lowest BCUT2D eigenvalue weighted by Gasteiger charge is -2.09. The minimum absolute atomic E-state index is 0.286. The number of aromatic nitrogens is 5. The summed E-state index contributed by atoms with van der Waals surface area (Å²) in [7, 11) is 0. The van der Waals surface area contributed by atoms with Crippen molar-refractivity contribution in [3.8, 4) is 22.6 Å². The van der Waals surface area contributed by atoms with Crippen LogP contribution >= 0.6 is 23.2 Å². The first-order valence-electron chi connectivity index (χ1n) is 9.58. The fourth-order valence-electron chi connectivity index (χ4n) is 3.25. The van der Waals surface area contributed by atoms with Gasteiger partial charge in [0.15, 0.2) is 11.5 Å². The third-order valence-corrected chi connectivity index (χ3v) is 5.32. The largest absolute Gasteiger partial charge is 0.322 e. The lowest BCUT2D eigenvalue weighted by atomic mass is 10.1. The third-order valence-electron chi connectivity index (χ3n) is 4.77. The summed E-state index contributed by atoms with van der Waals surface area (Å²) in [5, 5.41) is 16.7. The Morgan fingerprint density at radius 2 is 1.78 bits per heavy atom. The molecule has 3 aromatic heterocycles. The number of carbonyl (C=O) groups excluding carboxylic acids is 1. The number of hydrogen-bond donors (Lipinski definition) is 1. The van der Waals surface area contributed by atoms with E-state index in [9.17, 15) is 4.79 Å². The van der Waals surface area contributed by atoms with Crippen molar-refractivity contribution in [2.75, 3.05) is 5.32 Å². The van der Waals surface area contributed by atoms with Gasteiger partial charge in [-0.2, -0.15) is 9.61 Å². The highest BCUT2D eigenvalue weighted by Crippen LogP contribution is 2.25. The summed E-state index contributed by atoms with van der Waals surface area (Å²) in [6.45, 7) is 0. The average molecular weight is 461 g/mol. The zero-order valence-corrected chi connectivity index (χ0v) is 17.9. The van der Waals surface area contributed by atoms with Gasteiger partial charge in [0.25, 0.3) is 5.91 Å². The van der Waals surface area contributed by atoms with E-state index in [1.165, 1.54) is 6.07 Å². The fourth-order valence-corrected chi connectivity index (χ4v) is 3.74. The zero-order chi connectivity index (χ0) is 22.1. The van der Waals surface area contributed by atoms with Crippen molar-refractivity contribution in [3.63, 3.8) is 0 Å². The normalized spacial score (nSPS) is 10.9. The number of hydrogen-bond acceptors (Lipinski definition) is 5. The quantitative estimate of drug-likeness (QED) is 0.387. The maximum Gasteiger partial charge on any atom is 0.257 e. The molecule has 5 aromatic rings. The van der Waals surface area contributed by atoms with Crippen LogP contribution in [0.1, 0.15) is 10.4 Å². The van der Waals surface area contributed by atoms with Crippen LogP contribution < -0.4 is 5.32 Å². The van der Waals surface area contributed by atoms with Crippen LogP contribution in [0, 0.1) is 0 Å². The second-order valence-electron chi connectivity index (χ2n) is 6.91. The summed E-state index contributed by atoms with van der Waals surface area (Å²) in [6.07, 6.45) is 3.41. The lowest BCUT2D eigenvalue weighted by Crippen LogP contribution is -2.12. The molecule has 9 heteroatoms. The predicted molar refractivity (Wildman–Crippen MR) is 124 cm³/mol. The molecule has 1 amide bonds. The number of rotatable bonds is 4. The van der Waals surface area contributed by atoms with Gasteiger partial charge < -0.3 is 5.32 Å². The minimum atomic E-state index is -0.329. The monoisotopic (exact) mass is 460 g/mol. The number of carbonyl (C=O) groups is 1. The van der Waals surface area contributed by atoms with Gasteiger partial charge in [0.05, 0.1) is 16.3 Å². The van der Waals surface area contributed by atoms with Crippen molar-refractivity contribution in [2.24, 2.45) is 0 Å². The van der Waals surface area contributed by atoms with Crippen molar-refractivity contribution in [3.05, 3.63) is 94.7 Å². The van der Waals surface area contributed by atoms with Crippen molar-refractivity contribution >= 4 is 40.4 Å². The molecule has 0 aliphatic heterocycles. The molecule has 5 rings (SSSR count). The van der Waals surface area contributed by atoms with E-state index in [4.69, 9.17) is 28.3 Å². The molecule has 0 radical (unpaired) electrons. The number of anilines is 1. The van der Waals surface area contributed by atoms with Crippen LogP contribution in [0.25, 0.3) is 28.3 Å². The topological polar surface area (TPSA) is 85.1 Å². The number of benzene rings is 2. The van der Waals surface area contributed by atoms with Gasteiger partial charge in [-0.25, -0.2) is 0 Å². The Kier molecular flexibility index (Phi) is 5.26. The van der Waals surface area contributed by atoms with Gasteiger partial charge in [0.1, 0.15) is 0 Å². The smallest absolute Gasteiger partial charge is 0.257 e. The Labute approximate surface area is 192 Å². The van der Waals surface area contributed by atoms with Gasteiger partial charge in [-0.15, -0.1) is 10.2 Å². The Balaban J connectivity index is 1.47. The highest BCUT2D eigenvalue weighted by atomic mass is 35.5. The van der Waals surface area contributed by atoms with Crippen LogP contribution in [0.2, 0.25) is 10.0 Å². The molecular weight excluding hydrogens is 447 g/mol. The zero-order valence-electron chi connectivity index (χ0n) is 16.4. The number of fused-ring (bicyclic) bond motifs is 1. The number of halogens is 2. The highest BCUT2D eigenvalue weighted by molar-refractivity contribution is 6.37. The summed E-state index contributed by atoms with van der Waals surface area (Å²) >= 11 is 12.1. The van der Waals surface area contributed by atoms with Gasteiger partial charge >= 0.3 is 0 Å². The Hall–Kier alpha value is -3.81. The van der Waals surface area contributed by atoms with E-state index in [2.05, 4.69) is 20.5 Å². The SMILES string of the molecule is O=C(Nc1cccc(-c2ccc3nnc(-c4cccnc4)n3n2)c1)c1ccc(Cl)cc1Cl. The van der Waals surface area contributed by atoms with Crippen LogP contribution in [0.15, 0.2) is 79.1 Å². The first-order chi connectivity index (χ1) is 15.6. The molecule has 0 aliphatic carbocycles. The van der Waals surface area contributed by atoms with E-state index in [1.54, 1.807) is 35.1 Å². The van der Waals surface area contributed by atoms with Gasteiger partial charge in [-0.3, -0.25) is 9.78 Å². The van der Waals surface area contributed by atoms with E-state index >= 15 is 0 Å². The molecule has 0 fully saturated rings. The van der Waals surface area contributed by atoms with Crippen molar-refractivity contribution < 1.29 is 4.79 Å². The van der Waals surface area contributed by atoms with E-state index in [0.29, 0.717) is 33.4 Å². The highest BCUT2D eigenvalue weighted by Gasteiger charge is 2.13. The van der Waals surface area contributed by atoms with Gasteiger partial charge in [0, 0.05) is 34.2 Å². The molecule has 3 heterocycles. The first-order valence-corrected chi connectivity index (χ1v) is 10.3. The van der Waals surface area contributed by atoms with Crippen LogP contribution in [0.4, 0.5) is 5.69 Å². The van der Waals surface area contributed by atoms with Crippen LogP contribution in [-0.4, -0.2) is 30.7 Å². The van der Waals surface area contributed by atoms with E-state index in [1.807, 2.05) is 42.5 Å². The number of pyridine rings is 1. The first kappa shape index (κ1) is 20.1. The Bertz CT molecular complexity index is 1450. The molecule has 156 valence electrons. The molecule has 1 N–H and O–H groups in total. The second-order valence-corrected chi connectivity index (χ2v) is 7.76. The molecule has 0 spiro atoms. The number of amides is 1. The summed E-state index contributed by atoms with van der Waals surface area (Å²) in [6, 6.07) is 19.6. The van der Waals surface area contributed by atoms with Crippen LogP contribution in [0.3, 0.4) is 0 Å². The fraction of sp³-hybridized carbons (Fsp3) is 0. The molecule has 2 aromatic carbocycles. The Morgan fingerprint density at radius 3 is 2.59 bits per heavy atom. The molecule has 0 saturated heterocycles. The lowest BCUT2D eigenvalue weighted by molar-refractivity contribution is 0.102. The molecule has 0 aliphatic rings.